The summed E-state index contributed by atoms with van der Waals surface area (Å²) < 4.78 is 0. The van der Waals surface area contributed by atoms with Crippen LogP contribution < -0.4 is 0 Å². The highest BCUT2D eigenvalue weighted by Crippen LogP contribution is 2.21. The molecule has 1 rings (SSSR count). The summed E-state index contributed by atoms with van der Waals surface area (Å²) in [6, 6.07) is 0. The highest BCUT2D eigenvalue weighted by Gasteiger charge is 2.07. The molecule has 0 bridgehead atoms. The van der Waals surface area contributed by atoms with E-state index in [9.17, 15) is 0 Å². The minimum absolute atomic E-state index is 0.694. The second kappa shape index (κ2) is 3.80. The van der Waals surface area contributed by atoms with Gasteiger partial charge in [0.25, 0.3) is 0 Å². The van der Waals surface area contributed by atoms with Gasteiger partial charge >= 0.3 is 0 Å². The molecule has 0 heteroatoms. The molecule has 0 saturated heterocycles. The van der Waals surface area contributed by atoms with E-state index in [1.807, 2.05) is 0 Å². The molecule has 0 N–H and O–H groups in total. The minimum Gasteiger partial charge on any atom is -0.0883 e. The Morgan fingerprint density at radius 3 is 3.10 bits per heavy atom. The van der Waals surface area contributed by atoms with Crippen LogP contribution in [0.15, 0.2) is 12.2 Å². The minimum atomic E-state index is 0.694. The largest absolute Gasteiger partial charge is 0.0883 e. The number of allylic oxidation sites excluding steroid dienone is 2. The first-order valence-corrected chi connectivity index (χ1v) is 4.29. The molecule has 0 aromatic heterocycles. The molecule has 0 saturated carbocycles. The van der Waals surface area contributed by atoms with E-state index < -0.39 is 0 Å². The lowest BCUT2D eigenvalue weighted by Crippen LogP contribution is -2.03. The fraction of sp³-hybridized carbons (Fsp3) is 0.700. The molecule has 0 aromatic rings. The van der Waals surface area contributed by atoms with Crippen molar-refractivity contribution in [2.75, 3.05) is 0 Å². The second-order valence-corrected chi connectivity index (χ2v) is 3.44. The van der Waals surface area contributed by atoms with Gasteiger partial charge in [-0.2, -0.15) is 0 Å². The third-order valence-electron chi connectivity index (χ3n) is 2.15. The van der Waals surface area contributed by atoms with Crippen molar-refractivity contribution >= 4 is 0 Å². The van der Waals surface area contributed by atoms with Gasteiger partial charge < -0.3 is 0 Å². The van der Waals surface area contributed by atoms with Crippen molar-refractivity contribution in [1.29, 1.82) is 0 Å². The van der Waals surface area contributed by atoms with Crippen LogP contribution in [0.2, 0.25) is 0 Å². The Balaban J connectivity index is 2.40. The lowest BCUT2D eigenvalue weighted by Gasteiger charge is -2.16. The maximum absolute atomic E-state index is 4.12. The molecule has 0 heterocycles. The fourth-order valence-corrected chi connectivity index (χ4v) is 1.58. The lowest BCUT2D eigenvalue weighted by atomic mass is 9.90. The Kier molecular flexibility index (Phi) is 2.98. The van der Waals surface area contributed by atoms with Gasteiger partial charge in [-0.3, -0.25) is 0 Å². The first kappa shape index (κ1) is 7.84. The molecule has 1 radical (unpaired) electrons. The molecule has 1 aliphatic carbocycles. The Bertz CT molecular complexity index is 113. The van der Waals surface area contributed by atoms with Crippen LogP contribution in [0, 0.1) is 18.8 Å². The van der Waals surface area contributed by atoms with Crippen molar-refractivity contribution in [3.05, 3.63) is 19.1 Å². The predicted molar refractivity (Wildman–Crippen MR) is 45.6 cm³/mol. The Morgan fingerprint density at radius 2 is 2.30 bits per heavy atom. The van der Waals surface area contributed by atoms with Crippen LogP contribution in [0.3, 0.4) is 0 Å². The highest BCUT2D eigenvalue weighted by atomic mass is 14.1. The smallest absolute Gasteiger partial charge is 0.0259 e. The van der Waals surface area contributed by atoms with Crippen molar-refractivity contribution in [2.45, 2.75) is 32.6 Å². The van der Waals surface area contributed by atoms with Gasteiger partial charge in [-0.15, -0.1) is 0 Å². The first-order chi connectivity index (χ1) is 4.79. The van der Waals surface area contributed by atoms with Gasteiger partial charge in [0.15, 0.2) is 0 Å². The van der Waals surface area contributed by atoms with E-state index in [-0.39, 0.29) is 0 Å². The molecule has 0 aliphatic heterocycles. The van der Waals surface area contributed by atoms with E-state index >= 15 is 0 Å². The maximum Gasteiger partial charge on any atom is -0.0259 e. The van der Waals surface area contributed by atoms with Gasteiger partial charge in [0, 0.05) is 0 Å². The molecule has 2 atom stereocenters. The molecular formula is C10H17. The molecule has 0 aromatic carbocycles. The molecule has 57 valence electrons. The molecular weight excluding hydrogens is 120 g/mol. The fourth-order valence-electron chi connectivity index (χ4n) is 1.58. The first-order valence-electron chi connectivity index (χ1n) is 4.29. The zero-order valence-electron chi connectivity index (χ0n) is 6.84. The zero-order chi connectivity index (χ0) is 7.40. The maximum atomic E-state index is 4.12. The Hall–Kier alpha value is -0.260. The standard InChI is InChI=1S/C10H17/c1-9-6-4-3-5-7-10(2)8-9/h5,7,9-10H,1,3-4,6,8H2,2H3/b7-5-. The average molecular weight is 137 g/mol. The molecule has 10 heavy (non-hydrogen) atoms. The van der Waals surface area contributed by atoms with Crippen LogP contribution in [0.1, 0.15) is 32.6 Å². The molecule has 1 aliphatic rings. The number of hydrogen-bond donors (Lipinski definition) is 0. The molecule has 0 nitrogen and oxygen atoms in total. The Morgan fingerprint density at radius 1 is 1.50 bits per heavy atom. The van der Waals surface area contributed by atoms with E-state index in [0.29, 0.717) is 5.92 Å². The summed E-state index contributed by atoms with van der Waals surface area (Å²) in [6.07, 6.45) is 9.83. The normalized spacial score (nSPS) is 38.2. The van der Waals surface area contributed by atoms with Crippen LogP contribution in [0.25, 0.3) is 0 Å². The summed E-state index contributed by atoms with van der Waals surface area (Å²) in [5.74, 6) is 1.45. The van der Waals surface area contributed by atoms with Crippen LogP contribution in [0.5, 0.6) is 0 Å². The number of hydrogen-bond acceptors (Lipinski definition) is 0. The van der Waals surface area contributed by atoms with Crippen LogP contribution in [-0.2, 0) is 0 Å². The lowest BCUT2D eigenvalue weighted by molar-refractivity contribution is 0.455. The van der Waals surface area contributed by atoms with Crippen molar-refractivity contribution < 1.29 is 0 Å². The molecule has 2 unspecified atom stereocenters. The molecule has 0 spiro atoms. The SMILES string of the molecule is [CH2]C1CCC/C=C\C(C)C1. The van der Waals surface area contributed by atoms with E-state index in [4.69, 9.17) is 0 Å². The van der Waals surface area contributed by atoms with Crippen LogP contribution in [-0.4, -0.2) is 0 Å². The summed E-state index contributed by atoms with van der Waals surface area (Å²) in [4.78, 5) is 0. The van der Waals surface area contributed by atoms with Gasteiger partial charge in [-0.25, -0.2) is 0 Å². The third-order valence-corrected chi connectivity index (χ3v) is 2.15. The summed E-state index contributed by atoms with van der Waals surface area (Å²) >= 11 is 0. The van der Waals surface area contributed by atoms with E-state index in [1.54, 1.807) is 0 Å². The van der Waals surface area contributed by atoms with Crippen molar-refractivity contribution in [3.63, 3.8) is 0 Å². The van der Waals surface area contributed by atoms with E-state index in [0.717, 1.165) is 5.92 Å². The summed E-state index contributed by atoms with van der Waals surface area (Å²) in [7, 11) is 0. The second-order valence-electron chi connectivity index (χ2n) is 3.44. The molecule has 0 fully saturated rings. The van der Waals surface area contributed by atoms with Gasteiger partial charge in [0.1, 0.15) is 0 Å². The van der Waals surface area contributed by atoms with Crippen molar-refractivity contribution in [2.24, 2.45) is 11.8 Å². The summed E-state index contributed by atoms with van der Waals surface area (Å²) in [5, 5.41) is 0. The monoisotopic (exact) mass is 137 g/mol. The highest BCUT2D eigenvalue weighted by molar-refractivity contribution is 4.89. The van der Waals surface area contributed by atoms with Crippen LogP contribution >= 0.6 is 0 Å². The van der Waals surface area contributed by atoms with E-state index in [1.165, 1.54) is 25.7 Å². The van der Waals surface area contributed by atoms with Crippen LogP contribution in [0.4, 0.5) is 0 Å². The topological polar surface area (TPSA) is 0 Å². The van der Waals surface area contributed by atoms with Gasteiger partial charge in [-0.05, 0) is 31.1 Å². The quantitative estimate of drug-likeness (QED) is 0.450. The van der Waals surface area contributed by atoms with Gasteiger partial charge in [-0.1, -0.05) is 32.4 Å². The van der Waals surface area contributed by atoms with Gasteiger partial charge in [0.05, 0.1) is 0 Å². The van der Waals surface area contributed by atoms with Gasteiger partial charge in [0.2, 0.25) is 0 Å². The summed E-state index contributed by atoms with van der Waals surface area (Å²) in [6.45, 7) is 6.39. The molecule has 0 amide bonds. The zero-order valence-corrected chi connectivity index (χ0v) is 6.84. The average Bonchev–Trinajstić information content (AvgIpc) is 1.83. The predicted octanol–water partition coefficient (Wildman–Crippen LogP) is 3.20. The van der Waals surface area contributed by atoms with Crippen molar-refractivity contribution in [3.8, 4) is 0 Å². The Labute approximate surface area is 64.3 Å². The summed E-state index contributed by atoms with van der Waals surface area (Å²) in [5.41, 5.74) is 0. The van der Waals surface area contributed by atoms with Crippen molar-refractivity contribution in [1.82, 2.24) is 0 Å². The number of rotatable bonds is 0. The third kappa shape index (κ3) is 2.55. The van der Waals surface area contributed by atoms with E-state index in [2.05, 4.69) is 26.0 Å².